The third kappa shape index (κ3) is 3.57. The van der Waals surface area contributed by atoms with Crippen molar-refractivity contribution in [1.82, 2.24) is 20.1 Å². The monoisotopic (exact) mass is 322 g/mol. The number of aromatic nitrogens is 3. The van der Waals surface area contributed by atoms with Gasteiger partial charge >= 0.3 is 0 Å². The molecule has 1 N–H and O–H groups in total. The maximum Gasteiger partial charge on any atom is 0.244 e. The van der Waals surface area contributed by atoms with Gasteiger partial charge in [-0.2, -0.15) is 5.10 Å². The van der Waals surface area contributed by atoms with Crippen molar-refractivity contribution in [2.24, 2.45) is 0 Å². The summed E-state index contributed by atoms with van der Waals surface area (Å²) in [6, 6.07) is 1.51. The van der Waals surface area contributed by atoms with Gasteiger partial charge in [0.2, 0.25) is 11.8 Å². The summed E-state index contributed by atoms with van der Waals surface area (Å²) in [6.07, 6.45) is 3.12. The third-order valence-corrected chi connectivity index (χ3v) is 3.61. The van der Waals surface area contributed by atoms with Gasteiger partial charge in [-0.05, 0) is 32.4 Å². The SMILES string of the molecule is COc1nc(C)cc(C)c1CNC(=O)[C@H](C)n1cc(Cl)cn1. The predicted molar refractivity (Wildman–Crippen MR) is 84.1 cm³/mol. The molecule has 0 saturated carbocycles. The molecule has 1 atom stereocenters. The summed E-state index contributed by atoms with van der Waals surface area (Å²) < 4.78 is 6.81. The quantitative estimate of drug-likeness (QED) is 0.918. The van der Waals surface area contributed by atoms with E-state index in [0.717, 1.165) is 16.8 Å². The Bertz CT molecular complexity index is 684. The van der Waals surface area contributed by atoms with Crippen molar-refractivity contribution in [2.75, 3.05) is 7.11 Å². The minimum absolute atomic E-state index is 0.151. The largest absolute Gasteiger partial charge is 0.481 e. The van der Waals surface area contributed by atoms with Crippen molar-refractivity contribution in [1.29, 1.82) is 0 Å². The van der Waals surface area contributed by atoms with Crippen LogP contribution in [0.15, 0.2) is 18.5 Å². The lowest BCUT2D eigenvalue weighted by atomic mass is 10.1. The number of pyridine rings is 1. The lowest BCUT2D eigenvalue weighted by molar-refractivity contribution is -0.124. The van der Waals surface area contributed by atoms with Gasteiger partial charge < -0.3 is 10.1 Å². The van der Waals surface area contributed by atoms with Crippen LogP contribution in [0.3, 0.4) is 0 Å². The molecule has 0 radical (unpaired) electrons. The second-order valence-electron chi connectivity index (χ2n) is 5.10. The molecule has 0 saturated heterocycles. The van der Waals surface area contributed by atoms with E-state index >= 15 is 0 Å². The second kappa shape index (κ2) is 6.79. The fourth-order valence-electron chi connectivity index (χ4n) is 2.18. The zero-order valence-electron chi connectivity index (χ0n) is 13.1. The molecule has 7 heteroatoms. The molecule has 0 aliphatic rings. The van der Waals surface area contributed by atoms with Gasteiger partial charge in [0, 0.05) is 24.0 Å². The lowest BCUT2D eigenvalue weighted by Gasteiger charge is -2.15. The highest BCUT2D eigenvalue weighted by molar-refractivity contribution is 6.30. The molecule has 2 aromatic rings. The molecule has 6 nitrogen and oxygen atoms in total. The number of halogens is 1. The Morgan fingerprint density at radius 1 is 1.50 bits per heavy atom. The van der Waals surface area contributed by atoms with E-state index in [4.69, 9.17) is 16.3 Å². The first-order valence-electron chi connectivity index (χ1n) is 6.91. The van der Waals surface area contributed by atoms with Crippen molar-refractivity contribution in [3.8, 4) is 5.88 Å². The highest BCUT2D eigenvalue weighted by atomic mass is 35.5. The molecule has 118 valence electrons. The number of nitrogens with one attached hydrogen (secondary N) is 1. The average Bonchev–Trinajstić information content (AvgIpc) is 2.90. The van der Waals surface area contributed by atoms with Crippen molar-refractivity contribution in [3.05, 3.63) is 40.3 Å². The molecule has 0 aromatic carbocycles. The number of hydrogen-bond donors (Lipinski definition) is 1. The van der Waals surface area contributed by atoms with Crippen LogP contribution in [0.25, 0.3) is 0 Å². The van der Waals surface area contributed by atoms with Gasteiger partial charge in [-0.1, -0.05) is 11.6 Å². The molecular formula is C15H19ClN4O2. The van der Waals surface area contributed by atoms with Gasteiger partial charge in [-0.15, -0.1) is 0 Å². The second-order valence-corrected chi connectivity index (χ2v) is 5.54. The molecule has 1 amide bonds. The first-order chi connectivity index (χ1) is 10.4. The van der Waals surface area contributed by atoms with Crippen molar-refractivity contribution in [3.63, 3.8) is 0 Å². The Morgan fingerprint density at radius 2 is 2.23 bits per heavy atom. The van der Waals surface area contributed by atoms with E-state index in [1.54, 1.807) is 20.2 Å². The normalized spacial score (nSPS) is 12.0. The van der Waals surface area contributed by atoms with Crippen LogP contribution in [0, 0.1) is 13.8 Å². The summed E-state index contributed by atoms with van der Waals surface area (Å²) in [4.78, 5) is 16.6. The maximum absolute atomic E-state index is 12.2. The third-order valence-electron chi connectivity index (χ3n) is 3.42. The number of rotatable bonds is 5. The number of amides is 1. The van der Waals surface area contributed by atoms with Crippen LogP contribution in [-0.4, -0.2) is 27.8 Å². The summed E-state index contributed by atoms with van der Waals surface area (Å²) >= 11 is 5.82. The summed E-state index contributed by atoms with van der Waals surface area (Å²) in [5, 5.41) is 7.42. The molecular weight excluding hydrogens is 304 g/mol. The Balaban J connectivity index is 2.08. The summed E-state index contributed by atoms with van der Waals surface area (Å²) in [5.41, 5.74) is 2.77. The van der Waals surface area contributed by atoms with E-state index in [1.165, 1.54) is 10.9 Å². The Kier molecular flexibility index (Phi) is 5.03. The van der Waals surface area contributed by atoms with E-state index in [9.17, 15) is 4.79 Å². The first-order valence-corrected chi connectivity index (χ1v) is 7.28. The predicted octanol–water partition coefficient (Wildman–Crippen LogP) is 2.43. The standard InChI is InChI=1S/C15H19ClN4O2/c1-9-5-10(2)19-15(22-4)13(9)7-17-14(21)11(3)20-8-12(16)6-18-20/h5-6,8,11H,7H2,1-4H3,(H,17,21)/t11-/m0/s1. The van der Waals surface area contributed by atoms with Gasteiger partial charge in [0.1, 0.15) is 6.04 Å². The molecule has 0 aliphatic carbocycles. The summed E-state index contributed by atoms with van der Waals surface area (Å²) in [7, 11) is 1.57. The molecule has 2 heterocycles. The van der Waals surface area contributed by atoms with Crippen LogP contribution in [0.5, 0.6) is 5.88 Å². The van der Waals surface area contributed by atoms with Gasteiger partial charge in [0.25, 0.3) is 0 Å². The van der Waals surface area contributed by atoms with Crippen LogP contribution < -0.4 is 10.1 Å². The van der Waals surface area contributed by atoms with E-state index in [0.29, 0.717) is 17.4 Å². The fourth-order valence-corrected chi connectivity index (χ4v) is 2.33. The van der Waals surface area contributed by atoms with E-state index in [1.807, 2.05) is 19.9 Å². The van der Waals surface area contributed by atoms with Crippen molar-refractivity contribution in [2.45, 2.75) is 33.4 Å². The molecule has 0 fully saturated rings. The lowest BCUT2D eigenvalue weighted by Crippen LogP contribution is -2.31. The number of ether oxygens (including phenoxy) is 1. The highest BCUT2D eigenvalue weighted by Crippen LogP contribution is 2.20. The average molecular weight is 323 g/mol. The van der Waals surface area contributed by atoms with Crippen molar-refractivity contribution >= 4 is 17.5 Å². The smallest absolute Gasteiger partial charge is 0.244 e. The first kappa shape index (κ1) is 16.3. The molecule has 0 bridgehead atoms. The van der Waals surface area contributed by atoms with E-state index in [-0.39, 0.29) is 5.91 Å². The van der Waals surface area contributed by atoms with Gasteiger partial charge in [0.15, 0.2) is 0 Å². The van der Waals surface area contributed by atoms with E-state index in [2.05, 4.69) is 15.4 Å². The van der Waals surface area contributed by atoms with Crippen LogP contribution in [0.4, 0.5) is 0 Å². The summed E-state index contributed by atoms with van der Waals surface area (Å²) in [5.74, 6) is 0.384. The van der Waals surface area contributed by atoms with Gasteiger partial charge in [0.05, 0.1) is 18.3 Å². The number of hydrogen-bond acceptors (Lipinski definition) is 4. The Hall–Kier alpha value is -2.08. The van der Waals surface area contributed by atoms with E-state index < -0.39 is 6.04 Å². The maximum atomic E-state index is 12.2. The topological polar surface area (TPSA) is 69.0 Å². The highest BCUT2D eigenvalue weighted by Gasteiger charge is 2.17. The van der Waals surface area contributed by atoms with Crippen LogP contribution in [0.1, 0.15) is 29.8 Å². The Labute approximate surface area is 134 Å². The van der Waals surface area contributed by atoms with Gasteiger partial charge in [-0.3, -0.25) is 9.48 Å². The number of carbonyl (C=O) groups excluding carboxylic acids is 1. The van der Waals surface area contributed by atoms with Crippen LogP contribution in [0.2, 0.25) is 5.02 Å². The molecule has 0 spiro atoms. The van der Waals surface area contributed by atoms with Crippen molar-refractivity contribution < 1.29 is 9.53 Å². The van der Waals surface area contributed by atoms with Crippen LogP contribution in [-0.2, 0) is 11.3 Å². The Morgan fingerprint density at radius 3 is 2.82 bits per heavy atom. The van der Waals surface area contributed by atoms with Gasteiger partial charge in [-0.25, -0.2) is 4.98 Å². The number of aryl methyl sites for hydroxylation is 2. The number of carbonyl (C=O) groups is 1. The zero-order valence-corrected chi connectivity index (χ0v) is 13.8. The number of methoxy groups -OCH3 is 1. The summed E-state index contributed by atoms with van der Waals surface area (Å²) in [6.45, 7) is 5.98. The minimum atomic E-state index is -0.447. The molecule has 2 aromatic heterocycles. The molecule has 22 heavy (non-hydrogen) atoms. The van der Waals surface area contributed by atoms with Crippen LogP contribution >= 0.6 is 11.6 Å². The number of nitrogens with zero attached hydrogens (tertiary/aromatic N) is 3. The zero-order chi connectivity index (χ0) is 16.3. The molecule has 0 unspecified atom stereocenters. The fraction of sp³-hybridized carbons (Fsp3) is 0.400. The minimum Gasteiger partial charge on any atom is -0.481 e. The molecule has 0 aliphatic heterocycles. The molecule has 2 rings (SSSR count).